The Hall–Kier alpha value is -2.21. The zero-order chi connectivity index (χ0) is 15.4. The van der Waals surface area contributed by atoms with Gasteiger partial charge in [-0.1, -0.05) is 6.07 Å². The molecule has 0 saturated heterocycles. The molecule has 0 radical (unpaired) electrons. The van der Waals surface area contributed by atoms with Gasteiger partial charge in [-0.05, 0) is 32.4 Å². The predicted molar refractivity (Wildman–Crippen MR) is 81.3 cm³/mol. The molecule has 0 aliphatic rings. The van der Waals surface area contributed by atoms with Gasteiger partial charge in [-0.25, -0.2) is 4.79 Å². The van der Waals surface area contributed by atoms with Crippen molar-refractivity contribution in [1.29, 1.82) is 0 Å². The molecule has 0 saturated carbocycles. The molecule has 0 aliphatic heterocycles. The maximum atomic E-state index is 11.7. The molecule has 0 spiro atoms. The molecule has 2 N–H and O–H groups in total. The van der Waals surface area contributed by atoms with E-state index in [4.69, 9.17) is 0 Å². The van der Waals surface area contributed by atoms with Crippen molar-refractivity contribution in [2.75, 3.05) is 0 Å². The second-order valence-corrected chi connectivity index (χ2v) is 5.00. The van der Waals surface area contributed by atoms with Crippen molar-refractivity contribution >= 4 is 0 Å². The van der Waals surface area contributed by atoms with Gasteiger partial charge in [0.05, 0.1) is 0 Å². The van der Waals surface area contributed by atoms with E-state index in [1.165, 1.54) is 4.57 Å². The molecule has 0 aliphatic carbocycles. The van der Waals surface area contributed by atoms with E-state index >= 15 is 0 Å². The third-order valence-corrected chi connectivity index (χ3v) is 3.39. The maximum Gasteiger partial charge on any atom is 0.328 e. The molecule has 0 bridgehead atoms. The average Bonchev–Trinajstić information content (AvgIpc) is 2.43. The fourth-order valence-corrected chi connectivity index (χ4v) is 2.15. The molecule has 6 heteroatoms. The number of hydrogen-bond acceptors (Lipinski definition) is 4. The van der Waals surface area contributed by atoms with Crippen LogP contribution in [0.4, 0.5) is 0 Å². The number of aromatic nitrogens is 3. The Labute approximate surface area is 122 Å². The third-order valence-electron chi connectivity index (χ3n) is 3.39. The van der Waals surface area contributed by atoms with Gasteiger partial charge in [0.2, 0.25) is 0 Å². The minimum atomic E-state index is -0.371. The van der Waals surface area contributed by atoms with Crippen LogP contribution in [0.3, 0.4) is 0 Å². The summed E-state index contributed by atoms with van der Waals surface area (Å²) in [4.78, 5) is 29.9. The molecule has 2 aromatic rings. The Morgan fingerprint density at radius 1 is 1.19 bits per heavy atom. The standard InChI is InChI=1S/C15H20N4O2/c1-4-19-9-13(14(20)18-15(19)21)8-16-7-12-6-5-10(2)17-11(12)3/h5-6,9,16H,4,7-8H2,1-3H3,(H,18,20,21). The minimum Gasteiger partial charge on any atom is -0.308 e. The first-order valence-electron chi connectivity index (χ1n) is 6.97. The molecule has 6 nitrogen and oxygen atoms in total. The smallest absolute Gasteiger partial charge is 0.308 e. The largest absolute Gasteiger partial charge is 0.328 e. The highest BCUT2D eigenvalue weighted by Gasteiger charge is 2.05. The van der Waals surface area contributed by atoms with Crippen molar-refractivity contribution in [3.63, 3.8) is 0 Å². The molecule has 112 valence electrons. The summed E-state index contributed by atoms with van der Waals surface area (Å²) in [6, 6.07) is 4.00. The summed E-state index contributed by atoms with van der Waals surface area (Å²) in [7, 11) is 0. The molecule has 0 aromatic carbocycles. The lowest BCUT2D eigenvalue weighted by Gasteiger charge is -2.09. The summed E-state index contributed by atoms with van der Waals surface area (Å²) < 4.78 is 1.48. The molecule has 0 amide bonds. The fraction of sp³-hybridized carbons (Fsp3) is 0.400. The van der Waals surface area contributed by atoms with Crippen LogP contribution in [-0.4, -0.2) is 14.5 Å². The van der Waals surface area contributed by atoms with E-state index < -0.39 is 0 Å². The van der Waals surface area contributed by atoms with Gasteiger partial charge in [0, 0.05) is 42.8 Å². The minimum absolute atomic E-state index is 0.337. The van der Waals surface area contributed by atoms with Crippen LogP contribution in [0.25, 0.3) is 0 Å². The van der Waals surface area contributed by atoms with Gasteiger partial charge in [-0.2, -0.15) is 0 Å². The zero-order valence-corrected chi connectivity index (χ0v) is 12.6. The Morgan fingerprint density at radius 3 is 2.57 bits per heavy atom. The average molecular weight is 288 g/mol. The number of aromatic amines is 1. The van der Waals surface area contributed by atoms with Crippen molar-refractivity contribution < 1.29 is 0 Å². The lowest BCUT2D eigenvalue weighted by Crippen LogP contribution is -2.33. The van der Waals surface area contributed by atoms with E-state index in [-0.39, 0.29) is 11.2 Å². The second-order valence-electron chi connectivity index (χ2n) is 5.00. The SMILES string of the molecule is CCn1cc(CNCc2ccc(C)nc2C)c(=O)[nH]c1=O. The van der Waals surface area contributed by atoms with Crippen molar-refractivity contribution in [1.82, 2.24) is 19.9 Å². The summed E-state index contributed by atoms with van der Waals surface area (Å²) in [6.45, 7) is 7.35. The fourth-order valence-electron chi connectivity index (χ4n) is 2.15. The van der Waals surface area contributed by atoms with Crippen molar-refractivity contribution in [2.24, 2.45) is 0 Å². The second kappa shape index (κ2) is 6.49. The van der Waals surface area contributed by atoms with Crippen LogP contribution in [0.5, 0.6) is 0 Å². The van der Waals surface area contributed by atoms with E-state index in [0.29, 0.717) is 25.2 Å². The highest BCUT2D eigenvalue weighted by Crippen LogP contribution is 2.06. The van der Waals surface area contributed by atoms with Crippen molar-refractivity contribution in [2.45, 2.75) is 40.4 Å². The van der Waals surface area contributed by atoms with Crippen molar-refractivity contribution in [3.05, 3.63) is 61.7 Å². The summed E-state index contributed by atoms with van der Waals surface area (Å²) in [5, 5.41) is 3.21. The number of nitrogens with zero attached hydrogens (tertiary/aromatic N) is 2. The number of aryl methyl sites for hydroxylation is 3. The van der Waals surface area contributed by atoms with Gasteiger partial charge >= 0.3 is 5.69 Å². The van der Waals surface area contributed by atoms with Crippen LogP contribution in [0.1, 0.15) is 29.4 Å². The molecule has 21 heavy (non-hydrogen) atoms. The number of pyridine rings is 1. The number of hydrogen-bond donors (Lipinski definition) is 2. The van der Waals surface area contributed by atoms with E-state index in [9.17, 15) is 9.59 Å². The molecule has 0 atom stereocenters. The van der Waals surface area contributed by atoms with Crippen molar-refractivity contribution in [3.8, 4) is 0 Å². The van der Waals surface area contributed by atoms with Gasteiger partial charge in [-0.3, -0.25) is 14.8 Å². The monoisotopic (exact) mass is 288 g/mol. The van der Waals surface area contributed by atoms with Crippen LogP contribution in [0, 0.1) is 13.8 Å². The lowest BCUT2D eigenvalue weighted by atomic mass is 10.2. The van der Waals surface area contributed by atoms with Crippen LogP contribution in [0.15, 0.2) is 27.9 Å². The molecule has 2 aromatic heterocycles. The van der Waals surface area contributed by atoms with Gasteiger partial charge < -0.3 is 9.88 Å². The summed E-state index contributed by atoms with van der Waals surface area (Å²) >= 11 is 0. The van der Waals surface area contributed by atoms with E-state index in [1.807, 2.05) is 32.9 Å². The van der Waals surface area contributed by atoms with Crippen LogP contribution in [0.2, 0.25) is 0 Å². The highest BCUT2D eigenvalue weighted by atomic mass is 16.2. The van der Waals surface area contributed by atoms with Gasteiger partial charge in [-0.15, -0.1) is 0 Å². The maximum absolute atomic E-state index is 11.7. The third kappa shape index (κ3) is 3.66. The molecule has 2 rings (SSSR count). The molecular weight excluding hydrogens is 268 g/mol. The predicted octanol–water partition coefficient (Wildman–Crippen LogP) is 0.858. The van der Waals surface area contributed by atoms with Gasteiger partial charge in [0.1, 0.15) is 0 Å². The Bertz CT molecular complexity index is 746. The van der Waals surface area contributed by atoms with E-state index in [0.717, 1.165) is 17.0 Å². The quantitative estimate of drug-likeness (QED) is 0.855. The lowest BCUT2D eigenvalue weighted by molar-refractivity contribution is 0.642. The molecular formula is C15H20N4O2. The first kappa shape index (κ1) is 15.2. The Morgan fingerprint density at radius 2 is 1.90 bits per heavy atom. The van der Waals surface area contributed by atoms with E-state index in [1.54, 1.807) is 6.20 Å². The molecule has 2 heterocycles. The topological polar surface area (TPSA) is 79.8 Å². The number of rotatable bonds is 5. The summed E-state index contributed by atoms with van der Waals surface area (Å²) in [6.07, 6.45) is 1.61. The van der Waals surface area contributed by atoms with Gasteiger partial charge in [0.25, 0.3) is 5.56 Å². The van der Waals surface area contributed by atoms with E-state index in [2.05, 4.69) is 15.3 Å². The molecule has 0 unspecified atom stereocenters. The normalized spacial score (nSPS) is 10.8. The first-order chi connectivity index (χ1) is 10.0. The zero-order valence-electron chi connectivity index (χ0n) is 12.6. The van der Waals surface area contributed by atoms with Crippen LogP contribution in [-0.2, 0) is 19.6 Å². The number of H-pyrrole nitrogens is 1. The van der Waals surface area contributed by atoms with Crippen LogP contribution < -0.4 is 16.6 Å². The Kier molecular flexibility index (Phi) is 4.70. The Balaban J connectivity index is 2.07. The summed E-state index contributed by atoms with van der Waals surface area (Å²) in [5.41, 5.74) is 2.91. The molecule has 0 fully saturated rings. The van der Waals surface area contributed by atoms with Gasteiger partial charge in [0.15, 0.2) is 0 Å². The summed E-state index contributed by atoms with van der Waals surface area (Å²) in [5.74, 6) is 0. The first-order valence-corrected chi connectivity index (χ1v) is 6.97. The number of nitrogens with one attached hydrogen (secondary N) is 2. The highest BCUT2D eigenvalue weighted by molar-refractivity contribution is 5.21. The van der Waals surface area contributed by atoms with Crippen LogP contribution >= 0.6 is 0 Å².